The Hall–Kier alpha value is -0.770. The lowest BCUT2D eigenvalue weighted by Crippen LogP contribution is -2.19. The maximum Gasteiger partial charge on any atom is 0.0413 e. The van der Waals surface area contributed by atoms with E-state index in [1.807, 2.05) is 24.9 Å². The molecular weight excluding hydrogens is 330 g/mol. The van der Waals surface area contributed by atoms with Crippen molar-refractivity contribution < 1.29 is 0 Å². The summed E-state index contributed by atoms with van der Waals surface area (Å²) in [7, 11) is 2.03. The summed E-state index contributed by atoms with van der Waals surface area (Å²) in [6, 6.07) is 15.5. The molecule has 0 saturated heterocycles. The highest BCUT2D eigenvalue weighted by molar-refractivity contribution is 9.10. The van der Waals surface area contributed by atoms with Gasteiger partial charge in [0.15, 0.2) is 0 Å². The van der Waals surface area contributed by atoms with Gasteiger partial charge in [0.25, 0.3) is 0 Å². The van der Waals surface area contributed by atoms with Gasteiger partial charge >= 0.3 is 0 Å². The van der Waals surface area contributed by atoms with E-state index in [-0.39, 0.29) is 0 Å². The summed E-state index contributed by atoms with van der Waals surface area (Å²) in [6.45, 7) is 4.31. The first-order valence-corrected chi connectivity index (χ1v) is 8.51. The summed E-state index contributed by atoms with van der Waals surface area (Å²) in [6.07, 6.45) is 0. The molecule has 0 aromatic heterocycles. The van der Waals surface area contributed by atoms with Crippen LogP contribution in [0, 0.1) is 13.8 Å². The molecule has 0 radical (unpaired) electrons. The Bertz CT molecular complexity index is 563. The van der Waals surface area contributed by atoms with E-state index in [2.05, 4.69) is 71.5 Å². The van der Waals surface area contributed by atoms with Crippen molar-refractivity contribution in [2.24, 2.45) is 0 Å². The second-order valence-corrected chi connectivity index (χ2v) is 6.92. The highest BCUT2D eigenvalue weighted by atomic mass is 79.9. The third-order valence-electron chi connectivity index (χ3n) is 3.24. The van der Waals surface area contributed by atoms with E-state index >= 15 is 0 Å². The van der Waals surface area contributed by atoms with Crippen molar-refractivity contribution in [3.8, 4) is 0 Å². The highest BCUT2D eigenvalue weighted by Crippen LogP contribution is 2.30. The molecule has 1 N–H and O–H groups in total. The Balaban J connectivity index is 2.11. The summed E-state index contributed by atoms with van der Waals surface area (Å²) in [5, 5.41) is 3.43. The van der Waals surface area contributed by atoms with Gasteiger partial charge in [0.2, 0.25) is 0 Å². The Morgan fingerprint density at radius 2 is 1.75 bits per heavy atom. The average molecular weight is 350 g/mol. The van der Waals surface area contributed by atoms with Crippen LogP contribution >= 0.6 is 27.7 Å². The standard InChI is InChI=1S/C17H20BrNS/c1-12-8-13(2)10-14(9-12)16(19-3)11-20-17-7-5-4-6-15(17)18/h4-10,16,19H,11H2,1-3H3. The number of hydrogen-bond donors (Lipinski definition) is 1. The molecule has 106 valence electrons. The van der Waals surface area contributed by atoms with Gasteiger partial charge in [-0.25, -0.2) is 0 Å². The Morgan fingerprint density at radius 1 is 1.10 bits per heavy atom. The van der Waals surface area contributed by atoms with Crippen LogP contribution in [0.15, 0.2) is 51.8 Å². The summed E-state index contributed by atoms with van der Waals surface area (Å²) in [4.78, 5) is 1.29. The smallest absolute Gasteiger partial charge is 0.0413 e. The van der Waals surface area contributed by atoms with Crippen molar-refractivity contribution in [1.82, 2.24) is 5.32 Å². The lowest BCUT2D eigenvalue weighted by molar-refractivity contribution is 0.660. The maximum atomic E-state index is 3.61. The van der Waals surface area contributed by atoms with Crippen LogP contribution in [-0.2, 0) is 0 Å². The Morgan fingerprint density at radius 3 is 2.35 bits per heavy atom. The Labute approximate surface area is 134 Å². The number of aryl methyl sites for hydroxylation is 2. The monoisotopic (exact) mass is 349 g/mol. The maximum absolute atomic E-state index is 3.61. The zero-order valence-electron chi connectivity index (χ0n) is 12.1. The minimum Gasteiger partial charge on any atom is -0.312 e. The van der Waals surface area contributed by atoms with E-state index in [1.54, 1.807) is 0 Å². The van der Waals surface area contributed by atoms with Crippen LogP contribution in [0.1, 0.15) is 22.7 Å². The first-order chi connectivity index (χ1) is 9.60. The minimum absolute atomic E-state index is 0.366. The topological polar surface area (TPSA) is 12.0 Å². The van der Waals surface area contributed by atoms with Gasteiger partial charge in [-0.05, 0) is 54.5 Å². The largest absolute Gasteiger partial charge is 0.312 e. The van der Waals surface area contributed by atoms with Gasteiger partial charge in [-0.3, -0.25) is 0 Å². The third kappa shape index (κ3) is 4.11. The zero-order chi connectivity index (χ0) is 14.5. The second kappa shape index (κ2) is 7.30. The fourth-order valence-electron chi connectivity index (χ4n) is 2.29. The molecule has 0 amide bonds. The van der Waals surface area contributed by atoms with Gasteiger partial charge < -0.3 is 5.32 Å². The molecule has 20 heavy (non-hydrogen) atoms. The van der Waals surface area contributed by atoms with Crippen LogP contribution in [0.4, 0.5) is 0 Å². The number of rotatable bonds is 5. The van der Waals surface area contributed by atoms with Gasteiger partial charge in [0.05, 0.1) is 0 Å². The van der Waals surface area contributed by atoms with E-state index in [9.17, 15) is 0 Å². The number of benzene rings is 2. The van der Waals surface area contributed by atoms with Crippen molar-refractivity contribution >= 4 is 27.7 Å². The number of hydrogen-bond acceptors (Lipinski definition) is 2. The number of thioether (sulfide) groups is 1. The molecule has 1 atom stereocenters. The van der Waals surface area contributed by atoms with E-state index in [0.717, 1.165) is 5.75 Å². The predicted octanol–water partition coefficient (Wildman–Crippen LogP) is 5.12. The summed E-state index contributed by atoms with van der Waals surface area (Å²) >= 11 is 5.48. The SMILES string of the molecule is CNC(CSc1ccccc1Br)c1cc(C)cc(C)c1. The fraction of sp³-hybridized carbons (Fsp3) is 0.294. The van der Waals surface area contributed by atoms with Crippen LogP contribution in [0.3, 0.4) is 0 Å². The average Bonchev–Trinajstić information content (AvgIpc) is 2.40. The van der Waals surface area contributed by atoms with Crippen LogP contribution < -0.4 is 5.32 Å². The van der Waals surface area contributed by atoms with Crippen molar-refractivity contribution in [3.63, 3.8) is 0 Å². The molecule has 0 aliphatic rings. The first-order valence-electron chi connectivity index (χ1n) is 6.73. The molecule has 0 saturated carbocycles. The number of nitrogens with one attached hydrogen (secondary N) is 1. The van der Waals surface area contributed by atoms with E-state index < -0.39 is 0 Å². The third-order valence-corrected chi connectivity index (χ3v) is 5.36. The van der Waals surface area contributed by atoms with Gasteiger partial charge in [-0.15, -0.1) is 11.8 Å². The van der Waals surface area contributed by atoms with Gasteiger partial charge in [-0.2, -0.15) is 0 Å². The van der Waals surface area contributed by atoms with Gasteiger partial charge in [-0.1, -0.05) is 41.5 Å². The predicted molar refractivity (Wildman–Crippen MR) is 92.6 cm³/mol. The van der Waals surface area contributed by atoms with Crippen molar-refractivity contribution in [3.05, 3.63) is 63.6 Å². The summed E-state index contributed by atoms with van der Waals surface area (Å²) in [5.74, 6) is 1.02. The molecule has 3 heteroatoms. The van der Waals surface area contributed by atoms with E-state index in [1.165, 1.54) is 26.1 Å². The lowest BCUT2D eigenvalue weighted by atomic mass is 10.0. The number of halogens is 1. The van der Waals surface area contributed by atoms with E-state index in [0.29, 0.717) is 6.04 Å². The molecule has 0 aliphatic carbocycles. The molecule has 0 fully saturated rings. The van der Waals surface area contributed by atoms with Gasteiger partial charge in [0.1, 0.15) is 0 Å². The molecule has 1 unspecified atom stereocenters. The van der Waals surface area contributed by atoms with Crippen LogP contribution in [0.25, 0.3) is 0 Å². The minimum atomic E-state index is 0.366. The molecule has 2 aromatic carbocycles. The second-order valence-electron chi connectivity index (χ2n) is 5.00. The molecule has 1 nitrogen and oxygen atoms in total. The molecule has 0 heterocycles. The van der Waals surface area contributed by atoms with Crippen molar-refractivity contribution in [2.75, 3.05) is 12.8 Å². The normalized spacial score (nSPS) is 12.4. The Kier molecular flexibility index (Phi) is 5.70. The lowest BCUT2D eigenvalue weighted by Gasteiger charge is -2.18. The fourth-order valence-corrected chi connectivity index (χ4v) is 4.01. The zero-order valence-corrected chi connectivity index (χ0v) is 14.5. The van der Waals surface area contributed by atoms with Crippen LogP contribution in [0.5, 0.6) is 0 Å². The van der Waals surface area contributed by atoms with Crippen LogP contribution in [-0.4, -0.2) is 12.8 Å². The van der Waals surface area contributed by atoms with Crippen molar-refractivity contribution in [1.29, 1.82) is 0 Å². The molecule has 2 rings (SSSR count). The molecule has 0 bridgehead atoms. The highest BCUT2D eigenvalue weighted by Gasteiger charge is 2.11. The van der Waals surface area contributed by atoms with Crippen molar-refractivity contribution in [2.45, 2.75) is 24.8 Å². The summed E-state index contributed by atoms with van der Waals surface area (Å²) < 4.78 is 1.17. The molecule has 2 aromatic rings. The van der Waals surface area contributed by atoms with Crippen LogP contribution in [0.2, 0.25) is 0 Å². The van der Waals surface area contributed by atoms with Gasteiger partial charge in [0, 0.05) is 21.2 Å². The quantitative estimate of drug-likeness (QED) is 0.752. The first kappa shape index (κ1) is 15.6. The summed E-state index contributed by atoms with van der Waals surface area (Å²) in [5.41, 5.74) is 4.02. The molecular formula is C17H20BrNS. The molecule has 0 aliphatic heterocycles. The molecule has 0 spiro atoms. The van der Waals surface area contributed by atoms with E-state index in [4.69, 9.17) is 0 Å².